The molecule has 1 aliphatic rings. The Bertz CT molecular complexity index is 584. The third kappa shape index (κ3) is 3.66. The van der Waals surface area contributed by atoms with Gasteiger partial charge >= 0.3 is 5.97 Å². The maximum absolute atomic E-state index is 11.7. The Morgan fingerprint density at radius 2 is 2.10 bits per heavy atom. The number of aryl methyl sites for hydroxylation is 1. The van der Waals surface area contributed by atoms with Gasteiger partial charge in [-0.1, -0.05) is 18.2 Å². The lowest BCUT2D eigenvalue weighted by Gasteiger charge is -2.12. The second-order valence-corrected chi connectivity index (χ2v) is 4.91. The van der Waals surface area contributed by atoms with Gasteiger partial charge in [0, 0.05) is 0 Å². The smallest absolute Gasteiger partial charge is 0.377 e. The lowest BCUT2D eigenvalue weighted by molar-refractivity contribution is -0.138. The zero-order chi connectivity index (χ0) is 15.2. The normalized spacial score (nSPS) is 14.6. The van der Waals surface area contributed by atoms with Crippen molar-refractivity contribution in [2.24, 2.45) is 0 Å². The molecule has 1 aliphatic carbocycles. The molecule has 1 aromatic carbocycles. The molecule has 0 atom stereocenters. The molecule has 0 amide bonds. The molecule has 0 spiro atoms. The van der Waals surface area contributed by atoms with Crippen molar-refractivity contribution in [3.63, 3.8) is 0 Å². The van der Waals surface area contributed by atoms with Crippen molar-refractivity contribution in [1.29, 1.82) is 0 Å². The Morgan fingerprint density at radius 1 is 1.29 bits per heavy atom. The maximum atomic E-state index is 11.7. The maximum Gasteiger partial charge on any atom is 0.377 e. The SMILES string of the molecule is CO/C=C(\Oc1cc(C2=CCCC2)ccc1C)C(=O)OC. The Kier molecular flexibility index (Phi) is 5.04. The average molecular weight is 288 g/mol. The number of hydrogen-bond donors (Lipinski definition) is 0. The molecule has 1 aromatic rings. The summed E-state index contributed by atoms with van der Waals surface area (Å²) in [5.41, 5.74) is 3.41. The minimum Gasteiger partial charge on any atom is -0.500 e. The lowest BCUT2D eigenvalue weighted by Crippen LogP contribution is -2.11. The van der Waals surface area contributed by atoms with Crippen LogP contribution in [-0.4, -0.2) is 20.2 Å². The first-order valence-electron chi connectivity index (χ1n) is 6.95. The molecule has 2 rings (SSSR count). The van der Waals surface area contributed by atoms with Crippen LogP contribution in [0.1, 0.15) is 30.4 Å². The van der Waals surface area contributed by atoms with E-state index >= 15 is 0 Å². The van der Waals surface area contributed by atoms with Crippen molar-refractivity contribution in [1.82, 2.24) is 0 Å². The largest absolute Gasteiger partial charge is 0.500 e. The van der Waals surface area contributed by atoms with E-state index in [2.05, 4.69) is 16.9 Å². The molecule has 4 heteroatoms. The number of allylic oxidation sites excluding steroid dienone is 2. The van der Waals surface area contributed by atoms with Gasteiger partial charge in [-0.2, -0.15) is 0 Å². The molecule has 0 unspecified atom stereocenters. The van der Waals surface area contributed by atoms with Gasteiger partial charge in [-0.25, -0.2) is 4.79 Å². The van der Waals surface area contributed by atoms with Gasteiger partial charge in [-0.15, -0.1) is 0 Å². The van der Waals surface area contributed by atoms with Crippen LogP contribution in [0.5, 0.6) is 5.75 Å². The molecular weight excluding hydrogens is 268 g/mol. The minimum atomic E-state index is -0.568. The lowest BCUT2D eigenvalue weighted by atomic mass is 10.0. The first-order chi connectivity index (χ1) is 10.2. The third-order valence-corrected chi connectivity index (χ3v) is 3.43. The van der Waals surface area contributed by atoms with Crippen molar-refractivity contribution in [3.05, 3.63) is 47.4 Å². The Morgan fingerprint density at radius 3 is 2.71 bits per heavy atom. The molecule has 0 saturated carbocycles. The first-order valence-corrected chi connectivity index (χ1v) is 6.95. The molecule has 0 aliphatic heterocycles. The molecule has 0 heterocycles. The molecule has 0 fully saturated rings. The number of ether oxygens (including phenoxy) is 3. The number of esters is 1. The van der Waals surface area contributed by atoms with Gasteiger partial charge in [0.15, 0.2) is 0 Å². The van der Waals surface area contributed by atoms with Crippen molar-refractivity contribution in [3.8, 4) is 5.75 Å². The van der Waals surface area contributed by atoms with E-state index in [1.165, 1.54) is 32.5 Å². The fraction of sp³-hybridized carbons (Fsp3) is 0.353. The summed E-state index contributed by atoms with van der Waals surface area (Å²) in [5, 5.41) is 0. The van der Waals surface area contributed by atoms with Crippen molar-refractivity contribution < 1.29 is 19.0 Å². The monoisotopic (exact) mass is 288 g/mol. The van der Waals surface area contributed by atoms with Crippen LogP contribution in [0, 0.1) is 6.92 Å². The zero-order valence-electron chi connectivity index (χ0n) is 12.6. The third-order valence-electron chi connectivity index (χ3n) is 3.43. The second kappa shape index (κ2) is 6.97. The molecule has 21 heavy (non-hydrogen) atoms. The van der Waals surface area contributed by atoms with Crippen LogP contribution in [0.2, 0.25) is 0 Å². The molecule has 0 saturated heterocycles. The standard InChI is InChI=1S/C17H20O4/c1-12-8-9-14(13-6-4-5-7-13)10-15(12)21-16(11-19-2)17(18)20-3/h6,8-11H,4-5,7H2,1-3H3/b16-11-. The summed E-state index contributed by atoms with van der Waals surface area (Å²) in [7, 11) is 2.76. The van der Waals surface area contributed by atoms with E-state index in [4.69, 9.17) is 9.47 Å². The van der Waals surface area contributed by atoms with Gasteiger partial charge in [0.25, 0.3) is 0 Å². The summed E-state index contributed by atoms with van der Waals surface area (Å²) in [6, 6.07) is 6.03. The number of carbonyl (C=O) groups excluding carboxylic acids is 1. The average Bonchev–Trinajstić information content (AvgIpc) is 3.02. The van der Waals surface area contributed by atoms with Gasteiger partial charge in [0.2, 0.25) is 5.76 Å². The number of rotatable bonds is 5. The van der Waals surface area contributed by atoms with Crippen molar-refractivity contribution >= 4 is 11.5 Å². The van der Waals surface area contributed by atoms with Crippen LogP contribution in [0.15, 0.2) is 36.3 Å². The van der Waals surface area contributed by atoms with Gasteiger partial charge in [-0.3, -0.25) is 0 Å². The van der Waals surface area contributed by atoms with Crippen LogP contribution in [0.25, 0.3) is 5.57 Å². The van der Waals surface area contributed by atoms with E-state index in [1.807, 2.05) is 19.1 Å². The highest BCUT2D eigenvalue weighted by Crippen LogP contribution is 2.31. The van der Waals surface area contributed by atoms with E-state index in [0.717, 1.165) is 24.0 Å². The molecular formula is C17H20O4. The Hall–Kier alpha value is -2.23. The van der Waals surface area contributed by atoms with E-state index in [1.54, 1.807) is 0 Å². The number of benzene rings is 1. The first kappa shape index (κ1) is 15.2. The Labute approximate surface area is 125 Å². The Balaban J connectivity index is 2.28. The van der Waals surface area contributed by atoms with E-state index in [0.29, 0.717) is 5.75 Å². The minimum absolute atomic E-state index is 0.0284. The predicted molar refractivity (Wildman–Crippen MR) is 80.7 cm³/mol. The summed E-state index contributed by atoms with van der Waals surface area (Å²) in [6.07, 6.45) is 6.89. The zero-order valence-corrected chi connectivity index (χ0v) is 12.6. The van der Waals surface area contributed by atoms with E-state index in [9.17, 15) is 4.79 Å². The van der Waals surface area contributed by atoms with Gasteiger partial charge in [0.05, 0.1) is 14.2 Å². The van der Waals surface area contributed by atoms with Crippen molar-refractivity contribution in [2.75, 3.05) is 14.2 Å². The number of hydrogen-bond acceptors (Lipinski definition) is 4. The molecule has 0 radical (unpaired) electrons. The fourth-order valence-electron chi connectivity index (χ4n) is 2.28. The second-order valence-electron chi connectivity index (χ2n) is 4.91. The summed E-state index contributed by atoms with van der Waals surface area (Å²) in [6.45, 7) is 1.93. The van der Waals surface area contributed by atoms with Gasteiger partial charge < -0.3 is 14.2 Å². The van der Waals surface area contributed by atoms with E-state index in [-0.39, 0.29) is 5.76 Å². The number of carbonyl (C=O) groups is 1. The van der Waals surface area contributed by atoms with E-state index < -0.39 is 5.97 Å². The molecule has 0 bridgehead atoms. The highest BCUT2D eigenvalue weighted by atomic mass is 16.6. The number of methoxy groups -OCH3 is 2. The van der Waals surface area contributed by atoms with Crippen molar-refractivity contribution in [2.45, 2.75) is 26.2 Å². The van der Waals surface area contributed by atoms with Crippen LogP contribution >= 0.6 is 0 Å². The molecule has 4 nitrogen and oxygen atoms in total. The topological polar surface area (TPSA) is 44.8 Å². The molecule has 112 valence electrons. The highest BCUT2D eigenvalue weighted by Gasteiger charge is 2.16. The van der Waals surface area contributed by atoms with Gasteiger partial charge in [0.1, 0.15) is 12.0 Å². The molecule has 0 N–H and O–H groups in total. The predicted octanol–water partition coefficient (Wildman–Crippen LogP) is 3.60. The van der Waals surface area contributed by atoms with Crippen LogP contribution in [0.4, 0.5) is 0 Å². The van der Waals surface area contributed by atoms with Crippen LogP contribution in [0.3, 0.4) is 0 Å². The quantitative estimate of drug-likeness (QED) is 0.472. The summed E-state index contributed by atoms with van der Waals surface area (Å²) >= 11 is 0. The highest BCUT2D eigenvalue weighted by molar-refractivity contribution is 5.86. The van der Waals surface area contributed by atoms with Gasteiger partial charge in [-0.05, 0) is 49.0 Å². The van der Waals surface area contributed by atoms with Crippen LogP contribution < -0.4 is 4.74 Å². The fourth-order valence-corrected chi connectivity index (χ4v) is 2.28. The molecule has 0 aromatic heterocycles. The summed E-state index contributed by atoms with van der Waals surface area (Å²) in [5.74, 6) is 0.0939. The summed E-state index contributed by atoms with van der Waals surface area (Å²) < 4.78 is 15.2. The summed E-state index contributed by atoms with van der Waals surface area (Å²) in [4.78, 5) is 11.7. The van der Waals surface area contributed by atoms with Crippen LogP contribution in [-0.2, 0) is 14.3 Å².